The van der Waals surface area contributed by atoms with Crippen molar-refractivity contribution in [1.29, 1.82) is 0 Å². The molecule has 21 heavy (non-hydrogen) atoms. The summed E-state index contributed by atoms with van der Waals surface area (Å²) in [5.74, 6) is -1.53. The molecular formula is C14H14F2N2O2S. The average Bonchev–Trinajstić information content (AvgIpc) is 2.37. The summed E-state index contributed by atoms with van der Waals surface area (Å²) in [4.78, 5) is -0.0735. The van der Waals surface area contributed by atoms with Crippen LogP contribution in [0.1, 0.15) is 11.1 Å². The summed E-state index contributed by atoms with van der Waals surface area (Å²) in [6.45, 7) is 1.50. The number of nitrogen functional groups attached to an aromatic ring is 1. The minimum Gasteiger partial charge on any atom is -0.398 e. The van der Waals surface area contributed by atoms with Crippen LogP contribution in [-0.2, 0) is 16.6 Å². The molecule has 0 aliphatic rings. The molecule has 2 aromatic carbocycles. The number of hydrogen-bond donors (Lipinski definition) is 2. The fourth-order valence-electron chi connectivity index (χ4n) is 1.83. The third-order valence-corrected chi connectivity index (χ3v) is 4.40. The molecule has 0 aliphatic carbocycles. The zero-order chi connectivity index (χ0) is 15.6. The van der Waals surface area contributed by atoms with E-state index >= 15 is 0 Å². The highest BCUT2D eigenvalue weighted by Gasteiger charge is 2.17. The molecule has 0 bridgehead atoms. The zero-order valence-electron chi connectivity index (χ0n) is 11.2. The molecule has 0 saturated heterocycles. The topological polar surface area (TPSA) is 72.2 Å². The molecule has 0 saturated carbocycles. The lowest BCUT2D eigenvalue weighted by atomic mass is 10.2. The molecule has 3 N–H and O–H groups in total. The van der Waals surface area contributed by atoms with Crippen molar-refractivity contribution < 1.29 is 17.2 Å². The molecule has 0 aliphatic heterocycles. The third kappa shape index (κ3) is 3.56. The lowest BCUT2D eigenvalue weighted by Crippen LogP contribution is -2.24. The van der Waals surface area contributed by atoms with Gasteiger partial charge in [0.2, 0.25) is 10.0 Å². The number of aryl methyl sites for hydroxylation is 1. The Labute approximate surface area is 121 Å². The van der Waals surface area contributed by atoms with Crippen molar-refractivity contribution in [3.05, 3.63) is 59.2 Å². The van der Waals surface area contributed by atoms with Crippen molar-refractivity contribution in [1.82, 2.24) is 4.72 Å². The first kappa shape index (κ1) is 15.4. The number of rotatable bonds is 4. The van der Waals surface area contributed by atoms with Gasteiger partial charge in [-0.1, -0.05) is 12.1 Å². The number of hydrogen-bond acceptors (Lipinski definition) is 3. The fourth-order valence-corrected chi connectivity index (χ4v) is 2.95. The van der Waals surface area contributed by atoms with Crippen molar-refractivity contribution in [2.75, 3.05) is 5.73 Å². The summed E-state index contributed by atoms with van der Waals surface area (Å²) in [5.41, 5.74) is 6.67. The van der Waals surface area contributed by atoms with E-state index in [1.807, 2.05) is 0 Å². The van der Waals surface area contributed by atoms with Gasteiger partial charge in [-0.25, -0.2) is 21.9 Å². The van der Waals surface area contributed by atoms with E-state index in [0.29, 0.717) is 6.07 Å². The minimum absolute atomic E-state index is 0.0469. The van der Waals surface area contributed by atoms with Crippen LogP contribution in [0.25, 0.3) is 0 Å². The number of benzene rings is 2. The van der Waals surface area contributed by atoms with Gasteiger partial charge in [0.1, 0.15) is 16.5 Å². The first-order valence-corrected chi connectivity index (χ1v) is 7.57. The normalized spacial score (nSPS) is 11.6. The van der Waals surface area contributed by atoms with E-state index in [0.717, 1.165) is 11.6 Å². The highest BCUT2D eigenvalue weighted by Crippen LogP contribution is 2.20. The van der Waals surface area contributed by atoms with E-state index in [9.17, 15) is 17.2 Å². The molecule has 0 unspecified atom stereocenters. The molecule has 0 heterocycles. The number of nitrogens with two attached hydrogens (primary N) is 1. The van der Waals surface area contributed by atoms with Gasteiger partial charge >= 0.3 is 0 Å². The van der Waals surface area contributed by atoms with Crippen LogP contribution >= 0.6 is 0 Å². The molecule has 0 atom stereocenters. The summed E-state index contributed by atoms with van der Waals surface area (Å²) in [6, 6.07) is 7.48. The predicted molar refractivity (Wildman–Crippen MR) is 76.0 cm³/mol. The Morgan fingerprint density at radius 1 is 1.14 bits per heavy atom. The molecule has 0 radical (unpaired) electrons. The van der Waals surface area contributed by atoms with Gasteiger partial charge in [-0.2, -0.15) is 0 Å². The Bertz CT molecular complexity index is 777. The zero-order valence-corrected chi connectivity index (χ0v) is 12.0. The molecule has 0 aromatic heterocycles. The van der Waals surface area contributed by atoms with Crippen LogP contribution in [0.4, 0.5) is 14.5 Å². The van der Waals surface area contributed by atoms with Crippen LogP contribution < -0.4 is 10.5 Å². The molecule has 4 nitrogen and oxygen atoms in total. The molecule has 0 amide bonds. The number of anilines is 1. The maximum Gasteiger partial charge on any atom is 0.242 e. The van der Waals surface area contributed by atoms with E-state index in [1.54, 1.807) is 13.0 Å². The van der Waals surface area contributed by atoms with Crippen molar-refractivity contribution in [2.45, 2.75) is 18.4 Å². The Balaban J connectivity index is 2.22. The Morgan fingerprint density at radius 3 is 2.48 bits per heavy atom. The predicted octanol–water partition coefficient (Wildman–Crippen LogP) is 2.33. The maximum absolute atomic E-state index is 13.5. The van der Waals surface area contributed by atoms with E-state index in [2.05, 4.69) is 4.72 Å². The highest BCUT2D eigenvalue weighted by atomic mass is 32.2. The minimum atomic E-state index is -3.87. The Kier molecular flexibility index (Phi) is 4.24. The van der Waals surface area contributed by atoms with Gasteiger partial charge in [0.15, 0.2) is 0 Å². The van der Waals surface area contributed by atoms with Crippen LogP contribution in [0.15, 0.2) is 41.3 Å². The van der Waals surface area contributed by atoms with Crippen molar-refractivity contribution in [3.8, 4) is 0 Å². The molecule has 0 fully saturated rings. The summed E-state index contributed by atoms with van der Waals surface area (Å²) < 4.78 is 52.7. The second-order valence-electron chi connectivity index (χ2n) is 4.60. The molecule has 112 valence electrons. The number of halogens is 2. The lowest BCUT2D eigenvalue weighted by molar-refractivity contribution is 0.562. The van der Waals surface area contributed by atoms with Crippen molar-refractivity contribution in [3.63, 3.8) is 0 Å². The fraction of sp³-hybridized carbons (Fsp3) is 0.143. The van der Waals surface area contributed by atoms with Gasteiger partial charge in [-0.15, -0.1) is 0 Å². The summed E-state index contributed by atoms with van der Waals surface area (Å²) in [5, 5.41) is 0. The van der Waals surface area contributed by atoms with E-state index in [-0.39, 0.29) is 22.7 Å². The summed E-state index contributed by atoms with van der Waals surface area (Å²) >= 11 is 0. The van der Waals surface area contributed by atoms with Crippen molar-refractivity contribution in [2.24, 2.45) is 0 Å². The van der Waals surface area contributed by atoms with E-state index < -0.39 is 21.7 Å². The van der Waals surface area contributed by atoms with E-state index in [1.165, 1.54) is 18.2 Å². The van der Waals surface area contributed by atoms with Crippen LogP contribution in [-0.4, -0.2) is 8.42 Å². The molecule has 7 heteroatoms. The third-order valence-electron chi connectivity index (χ3n) is 2.92. The summed E-state index contributed by atoms with van der Waals surface area (Å²) in [6.07, 6.45) is 0. The van der Waals surface area contributed by atoms with Gasteiger partial charge in [0, 0.05) is 18.2 Å². The quantitative estimate of drug-likeness (QED) is 0.851. The van der Waals surface area contributed by atoms with Gasteiger partial charge in [0.05, 0.1) is 5.69 Å². The molecule has 2 rings (SSSR count). The Hall–Kier alpha value is -1.99. The number of nitrogens with one attached hydrogen (secondary N) is 1. The van der Waals surface area contributed by atoms with Gasteiger partial charge in [-0.3, -0.25) is 0 Å². The molecular weight excluding hydrogens is 298 g/mol. The van der Waals surface area contributed by atoms with Gasteiger partial charge in [-0.05, 0) is 30.7 Å². The van der Waals surface area contributed by atoms with Gasteiger partial charge < -0.3 is 5.73 Å². The van der Waals surface area contributed by atoms with E-state index in [4.69, 9.17) is 5.73 Å². The first-order valence-electron chi connectivity index (χ1n) is 6.09. The SMILES string of the molecule is Cc1ccc(S(=O)(=O)NCc2ccc(F)cc2F)c(N)c1. The molecule has 2 aromatic rings. The van der Waals surface area contributed by atoms with Crippen LogP contribution in [0.3, 0.4) is 0 Å². The number of sulfonamides is 1. The first-order chi connectivity index (χ1) is 9.79. The van der Waals surface area contributed by atoms with Crippen LogP contribution in [0.5, 0.6) is 0 Å². The second-order valence-corrected chi connectivity index (χ2v) is 6.34. The monoisotopic (exact) mass is 312 g/mol. The average molecular weight is 312 g/mol. The van der Waals surface area contributed by atoms with Crippen LogP contribution in [0, 0.1) is 18.6 Å². The maximum atomic E-state index is 13.5. The molecule has 0 spiro atoms. The standard InChI is InChI=1S/C14H14F2N2O2S/c1-9-2-5-14(13(17)6-9)21(19,20)18-8-10-3-4-11(15)7-12(10)16/h2-7,18H,8,17H2,1H3. The van der Waals surface area contributed by atoms with Gasteiger partial charge in [0.25, 0.3) is 0 Å². The van der Waals surface area contributed by atoms with Crippen molar-refractivity contribution >= 4 is 15.7 Å². The lowest BCUT2D eigenvalue weighted by Gasteiger charge is -2.10. The smallest absolute Gasteiger partial charge is 0.242 e. The van der Waals surface area contributed by atoms with Crippen LogP contribution in [0.2, 0.25) is 0 Å². The Morgan fingerprint density at radius 2 is 1.86 bits per heavy atom. The highest BCUT2D eigenvalue weighted by molar-refractivity contribution is 7.89. The summed E-state index contributed by atoms with van der Waals surface area (Å²) in [7, 11) is -3.87. The second kappa shape index (κ2) is 5.79. The largest absolute Gasteiger partial charge is 0.398 e.